The lowest BCUT2D eigenvalue weighted by molar-refractivity contribution is 0.0525. The van der Waals surface area contributed by atoms with Gasteiger partial charge in [-0.25, -0.2) is 4.79 Å². The van der Waals surface area contributed by atoms with Crippen LogP contribution in [0.2, 0.25) is 0 Å². The molecule has 1 fully saturated rings. The minimum atomic E-state index is -0.319. The fourth-order valence-electron chi connectivity index (χ4n) is 3.80. The number of rotatable bonds is 6. The van der Waals surface area contributed by atoms with Gasteiger partial charge in [0.2, 0.25) is 0 Å². The molecule has 0 radical (unpaired) electrons. The van der Waals surface area contributed by atoms with E-state index in [4.69, 9.17) is 17.0 Å². The van der Waals surface area contributed by atoms with Crippen LogP contribution < -0.4 is 15.5 Å². The molecule has 1 saturated heterocycles. The van der Waals surface area contributed by atoms with Gasteiger partial charge in [-0.2, -0.15) is 0 Å². The molecule has 6 heteroatoms. The number of thiocarbonyl (C=S) groups is 1. The smallest absolute Gasteiger partial charge is 0.338 e. The zero-order valence-electron chi connectivity index (χ0n) is 18.0. The minimum Gasteiger partial charge on any atom is -0.462 e. The largest absolute Gasteiger partial charge is 0.462 e. The summed E-state index contributed by atoms with van der Waals surface area (Å²) in [5.74, 6) is 0.440. The minimum absolute atomic E-state index is 0.319. The quantitative estimate of drug-likeness (QED) is 0.507. The van der Waals surface area contributed by atoms with Crippen LogP contribution in [0.4, 0.5) is 11.4 Å². The van der Waals surface area contributed by atoms with Crippen molar-refractivity contribution in [1.29, 1.82) is 0 Å². The molecule has 5 nitrogen and oxygen atoms in total. The van der Waals surface area contributed by atoms with Crippen molar-refractivity contribution < 1.29 is 9.53 Å². The van der Waals surface area contributed by atoms with E-state index in [1.165, 1.54) is 24.1 Å². The summed E-state index contributed by atoms with van der Waals surface area (Å²) in [6, 6.07) is 14.2. The molecule has 1 unspecified atom stereocenters. The summed E-state index contributed by atoms with van der Waals surface area (Å²) in [6.45, 7) is 9.27. The lowest BCUT2D eigenvalue weighted by Crippen LogP contribution is -2.34. The number of esters is 1. The van der Waals surface area contributed by atoms with Crippen molar-refractivity contribution in [2.75, 3.05) is 29.9 Å². The van der Waals surface area contributed by atoms with Gasteiger partial charge in [0.25, 0.3) is 0 Å². The second-order valence-corrected chi connectivity index (χ2v) is 8.27. The van der Waals surface area contributed by atoms with Crippen molar-refractivity contribution in [2.45, 2.75) is 40.2 Å². The number of hydrogen-bond acceptors (Lipinski definition) is 4. The summed E-state index contributed by atoms with van der Waals surface area (Å²) in [4.78, 5) is 14.5. The van der Waals surface area contributed by atoms with Crippen LogP contribution >= 0.6 is 12.2 Å². The van der Waals surface area contributed by atoms with E-state index >= 15 is 0 Å². The first-order chi connectivity index (χ1) is 14.5. The van der Waals surface area contributed by atoms with Crippen LogP contribution in [0.5, 0.6) is 0 Å². The molecule has 30 heavy (non-hydrogen) atoms. The zero-order valence-corrected chi connectivity index (χ0v) is 18.8. The van der Waals surface area contributed by atoms with Crippen LogP contribution in [-0.4, -0.2) is 30.8 Å². The van der Waals surface area contributed by atoms with Gasteiger partial charge < -0.3 is 20.3 Å². The van der Waals surface area contributed by atoms with Gasteiger partial charge in [-0.15, -0.1) is 0 Å². The third-order valence-corrected chi connectivity index (χ3v) is 5.74. The summed E-state index contributed by atoms with van der Waals surface area (Å²) < 4.78 is 5.11. The molecule has 160 valence electrons. The van der Waals surface area contributed by atoms with Crippen LogP contribution in [0, 0.1) is 12.8 Å². The Morgan fingerprint density at radius 2 is 2.00 bits per heavy atom. The van der Waals surface area contributed by atoms with E-state index in [-0.39, 0.29) is 5.97 Å². The van der Waals surface area contributed by atoms with Gasteiger partial charge in [0.15, 0.2) is 5.11 Å². The topological polar surface area (TPSA) is 53.6 Å². The first kappa shape index (κ1) is 22.1. The number of piperidine rings is 1. The predicted octanol–water partition coefficient (Wildman–Crippen LogP) is 4.89. The number of ether oxygens (including phenoxy) is 1. The molecular weight excluding hydrogens is 394 g/mol. The third-order valence-electron chi connectivity index (χ3n) is 5.49. The number of carbonyl (C=O) groups excluding carboxylic acids is 1. The summed E-state index contributed by atoms with van der Waals surface area (Å²) in [6.07, 6.45) is 2.59. The number of hydrogen-bond donors (Lipinski definition) is 2. The molecule has 0 amide bonds. The van der Waals surface area contributed by atoms with Crippen LogP contribution in [0.3, 0.4) is 0 Å². The SMILES string of the molecule is CCOC(=O)c1cccc(NC(=S)NCc2ccc(N3CCCC(C)C3)cc2)c1C. The Morgan fingerprint density at radius 3 is 2.70 bits per heavy atom. The number of carbonyl (C=O) groups is 1. The normalized spacial score (nSPS) is 16.1. The van der Waals surface area contributed by atoms with E-state index in [9.17, 15) is 4.79 Å². The van der Waals surface area contributed by atoms with Crippen LogP contribution in [0.25, 0.3) is 0 Å². The highest BCUT2D eigenvalue weighted by molar-refractivity contribution is 7.80. The average Bonchev–Trinajstić information content (AvgIpc) is 2.74. The Balaban J connectivity index is 1.55. The monoisotopic (exact) mass is 425 g/mol. The van der Waals surface area contributed by atoms with E-state index < -0.39 is 0 Å². The maximum Gasteiger partial charge on any atom is 0.338 e. The van der Waals surface area contributed by atoms with Crippen molar-refractivity contribution in [2.24, 2.45) is 5.92 Å². The number of benzene rings is 2. The average molecular weight is 426 g/mol. The maximum absolute atomic E-state index is 12.1. The zero-order chi connectivity index (χ0) is 21.5. The third kappa shape index (κ3) is 5.72. The second kappa shape index (κ2) is 10.4. The van der Waals surface area contributed by atoms with Crippen molar-refractivity contribution in [3.63, 3.8) is 0 Å². The molecule has 0 aromatic heterocycles. The highest BCUT2D eigenvalue weighted by Crippen LogP contribution is 2.23. The molecule has 0 aliphatic carbocycles. The van der Waals surface area contributed by atoms with Crippen LogP contribution in [-0.2, 0) is 11.3 Å². The fraction of sp³-hybridized carbons (Fsp3) is 0.417. The fourth-order valence-corrected chi connectivity index (χ4v) is 3.98. The molecule has 2 N–H and O–H groups in total. The first-order valence-corrected chi connectivity index (χ1v) is 11.0. The van der Waals surface area contributed by atoms with Gasteiger partial charge in [0, 0.05) is 31.0 Å². The summed E-state index contributed by atoms with van der Waals surface area (Å²) in [5, 5.41) is 6.96. The van der Waals surface area contributed by atoms with Gasteiger partial charge >= 0.3 is 5.97 Å². The van der Waals surface area contributed by atoms with E-state index in [1.807, 2.05) is 19.1 Å². The van der Waals surface area contributed by atoms with E-state index in [2.05, 4.69) is 46.7 Å². The van der Waals surface area contributed by atoms with Crippen molar-refractivity contribution in [3.05, 3.63) is 59.2 Å². The maximum atomic E-state index is 12.1. The molecule has 3 rings (SSSR count). The number of nitrogens with zero attached hydrogens (tertiary/aromatic N) is 1. The van der Waals surface area contributed by atoms with E-state index in [0.717, 1.165) is 30.3 Å². The van der Waals surface area contributed by atoms with Gasteiger partial charge in [0.1, 0.15) is 0 Å². The second-order valence-electron chi connectivity index (χ2n) is 7.87. The Labute approximate surface area is 184 Å². The molecule has 1 atom stereocenters. The molecule has 1 heterocycles. The molecule has 1 aliphatic rings. The lowest BCUT2D eigenvalue weighted by Gasteiger charge is -2.32. The molecule has 0 spiro atoms. The Hall–Kier alpha value is -2.60. The molecule has 2 aromatic carbocycles. The molecule has 1 aliphatic heterocycles. The lowest BCUT2D eigenvalue weighted by atomic mass is 9.99. The van der Waals surface area contributed by atoms with Crippen molar-refractivity contribution in [3.8, 4) is 0 Å². The summed E-state index contributed by atoms with van der Waals surface area (Å²) >= 11 is 5.45. The number of anilines is 2. The van der Waals surface area contributed by atoms with Gasteiger partial charge in [-0.1, -0.05) is 25.1 Å². The molecule has 2 aromatic rings. The van der Waals surface area contributed by atoms with E-state index in [1.54, 1.807) is 13.0 Å². The van der Waals surface area contributed by atoms with E-state index in [0.29, 0.717) is 23.8 Å². The highest BCUT2D eigenvalue weighted by atomic mass is 32.1. The van der Waals surface area contributed by atoms with Crippen LogP contribution in [0.1, 0.15) is 48.2 Å². The summed E-state index contributed by atoms with van der Waals surface area (Å²) in [5.41, 5.74) is 4.63. The molecular formula is C24H31N3O2S. The standard InChI is InChI=1S/C24H31N3O2S/c1-4-29-23(28)21-8-5-9-22(18(21)3)26-24(30)25-15-19-10-12-20(13-11-19)27-14-6-7-17(2)16-27/h5,8-13,17H,4,6-7,14-16H2,1-3H3,(H2,25,26,30). The van der Waals surface area contributed by atoms with Gasteiger partial charge in [-0.3, -0.25) is 0 Å². The van der Waals surface area contributed by atoms with Gasteiger partial charge in [0.05, 0.1) is 12.2 Å². The number of nitrogens with one attached hydrogen (secondary N) is 2. The Morgan fingerprint density at radius 1 is 1.23 bits per heavy atom. The molecule has 0 saturated carbocycles. The first-order valence-electron chi connectivity index (χ1n) is 10.6. The van der Waals surface area contributed by atoms with Crippen molar-refractivity contribution in [1.82, 2.24) is 5.32 Å². The predicted molar refractivity (Wildman–Crippen MR) is 127 cm³/mol. The Kier molecular flexibility index (Phi) is 7.69. The van der Waals surface area contributed by atoms with Crippen molar-refractivity contribution >= 4 is 34.7 Å². The summed E-state index contributed by atoms with van der Waals surface area (Å²) in [7, 11) is 0. The molecule has 0 bridgehead atoms. The highest BCUT2D eigenvalue weighted by Gasteiger charge is 2.16. The Bertz CT molecular complexity index is 883. The van der Waals surface area contributed by atoms with Gasteiger partial charge in [-0.05, 0) is 80.2 Å². The van der Waals surface area contributed by atoms with Crippen LogP contribution in [0.15, 0.2) is 42.5 Å².